The maximum atomic E-state index is 14.9. The van der Waals surface area contributed by atoms with E-state index in [-0.39, 0.29) is 30.0 Å². The number of nitrogens with one attached hydrogen (secondary N) is 2. The zero-order valence-electron chi connectivity index (χ0n) is 16.8. The minimum atomic E-state index is -1.25. The normalized spacial score (nSPS) is 25.6. The smallest absolute Gasteiger partial charge is 0.257 e. The van der Waals surface area contributed by atoms with Crippen molar-refractivity contribution < 1.29 is 23.4 Å². The summed E-state index contributed by atoms with van der Waals surface area (Å²) in [6, 6.07) is 11.8. The minimum Gasteiger partial charge on any atom is -0.396 e. The van der Waals surface area contributed by atoms with Crippen molar-refractivity contribution in [3.8, 4) is 0 Å². The van der Waals surface area contributed by atoms with Crippen molar-refractivity contribution in [2.45, 2.75) is 30.9 Å². The van der Waals surface area contributed by atoms with Crippen LogP contribution in [0.15, 0.2) is 48.5 Å². The lowest BCUT2D eigenvalue weighted by Crippen LogP contribution is -2.61. The molecule has 1 heterocycles. The van der Waals surface area contributed by atoms with E-state index in [1.165, 1.54) is 6.07 Å². The molecule has 1 aliphatic heterocycles. The average molecular weight is 447 g/mol. The Morgan fingerprint density at radius 3 is 2.58 bits per heavy atom. The third-order valence-electron chi connectivity index (χ3n) is 6.12. The Morgan fingerprint density at radius 1 is 1.19 bits per heavy atom. The van der Waals surface area contributed by atoms with Crippen molar-refractivity contribution >= 4 is 23.2 Å². The van der Waals surface area contributed by atoms with Gasteiger partial charge in [-0.25, -0.2) is 8.78 Å². The molecule has 2 fully saturated rings. The van der Waals surface area contributed by atoms with Crippen LogP contribution >= 0.6 is 12.2 Å². The molecule has 5 nitrogen and oxygen atoms in total. The van der Waals surface area contributed by atoms with Crippen LogP contribution in [0.5, 0.6) is 0 Å². The molecule has 1 saturated carbocycles. The first-order valence-corrected chi connectivity index (χ1v) is 10.7. The third-order valence-corrected chi connectivity index (χ3v) is 6.32. The summed E-state index contributed by atoms with van der Waals surface area (Å²) in [4.78, 5) is 12.5. The van der Waals surface area contributed by atoms with Crippen molar-refractivity contribution in [1.82, 2.24) is 10.6 Å². The van der Waals surface area contributed by atoms with Gasteiger partial charge in [-0.3, -0.25) is 10.1 Å². The maximum Gasteiger partial charge on any atom is 0.257 e. The molecule has 4 rings (SSSR count). The van der Waals surface area contributed by atoms with Crippen molar-refractivity contribution in [1.29, 1.82) is 0 Å². The fourth-order valence-electron chi connectivity index (χ4n) is 4.29. The Balaban J connectivity index is 1.62. The average Bonchev–Trinajstić information content (AvgIpc) is 3.60. The van der Waals surface area contributed by atoms with Crippen LogP contribution in [0, 0.1) is 23.5 Å². The van der Waals surface area contributed by atoms with E-state index in [0.717, 1.165) is 25.0 Å². The van der Waals surface area contributed by atoms with Crippen molar-refractivity contribution in [2.75, 3.05) is 13.2 Å². The summed E-state index contributed by atoms with van der Waals surface area (Å²) >= 11 is 5.37. The molecule has 1 aliphatic carbocycles. The number of aliphatic hydroxyl groups is 1. The molecular formula is C23H24F2N2O3S. The number of amides is 1. The molecule has 0 spiro atoms. The highest BCUT2D eigenvalue weighted by molar-refractivity contribution is 7.80. The summed E-state index contributed by atoms with van der Waals surface area (Å²) < 4.78 is 34.6. The second kappa shape index (κ2) is 8.98. The van der Waals surface area contributed by atoms with Crippen molar-refractivity contribution in [2.24, 2.45) is 11.8 Å². The molecular weight excluding hydrogens is 422 g/mol. The van der Waals surface area contributed by atoms with Crippen LogP contribution in [0.1, 0.15) is 35.2 Å². The summed E-state index contributed by atoms with van der Waals surface area (Å²) in [5, 5.41) is 15.8. The number of aliphatic hydroxyl groups excluding tert-OH is 1. The van der Waals surface area contributed by atoms with E-state index >= 15 is 0 Å². The van der Waals surface area contributed by atoms with Crippen LogP contribution in [-0.4, -0.2) is 35.4 Å². The molecule has 2 aromatic carbocycles. The monoisotopic (exact) mass is 446 g/mol. The first-order valence-electron chi connectivity index (χ1n) is 10.3. The molecule has 2 aromatic rings. The van der Waals surface area contributed by atoms with Gasteiger partial charge in [0.2, 0.25) is 0 Å². The summed E-state index contributed by atoms with van der Waals surface area (Å²) in [5.74, 6) is -1.89. The van der Waals surface area contributed by atoms with Crippen LogP contribution < -0.4 is 10.6 Å². The molecule has 1 amide bonds. The second-order valence-electron chi connectivity index (χ2n) is 8.17. The standard InChI is InChI=1S/C23H24F2N2O3S/c24-17-8-9-18(19(25)11-17)23(13-30-20(14-6-7-14)10-16(23)12-28)27-22(31)26-21(29)15-4-2-1-3-5-15/h1-5,8-9,11,14,16,20,28H,6-7,10,12-13H2,(H2,26,27,29,31). The van der Waals surface area contributed by atoms with Gasteiger partial charge in [-0.1, -0.05) is 24.3 Å². The highest BCUT2D eigenvalue weighted by atomic mass is 32.1. The van der Waals surface area contributed by atoms with Gasteiger partial charge in [0.05, 0.1) is 18.2 Å². The van der Waals surface area contributed by atoms with Gasteiger partial charge in [-0.15, -0.1) is 0 Å². The fourth-order valence-corrected chi connectivity index (χ4v) is 4.56. The Hall–Kier alpha value is -2.42. The van der Waals surface area contributed by atoms with E-state index in [1.54, 1.807) is 30.3 Å². The fraction of sp³-hybridized carbons (Fsp3) is 0.391. The van der Waals surface area contributed by atoms with Gasteiger partial charge in [0.15, 0.2) is 5.11 Å². The Labute approximate surface area is 184 Å². The number of ether oxygens (including phenoxy) is 1. The maximum absolute atomic E-state index is 14.9. The molecule has 3 unspecified atom stereocenters. The number of benzene rings is 2. The van der Waals surface area contributed by atoms with E-state index in [2.05, 4.69) is 10.6 Å². The SMILES string of the molecule is O=C(NC(=S)NC1(c2ccc(F)cc2F)COC(C2CC2)CC1CO)c1ccccc1. The number of halogens is 2. The van der Waals surface area contributed by atoms with Crippen LogP contribution in [0.3, 0.4) is 0 Å². The number of thiocarbonyl (C=S) groups is 1. The largest absolute Gasteiger partial charge is 0.396 e. The molecule has 0 bridgehead atoms. The van der Waals surface area contributed by atoms with Gasteiger partial charge >= 0.3 is 0 Å². The molecule has 0 aromatic heterocycles. The highest BCUT2D eigenvalue weighted by Crippen LogP contribution is 2.45. The van der Waals surface area contributed by atoms with Crippen LogP contribution in [-0.2, 0) is 10.3 Å². The molecule has 164 valence electrons. The number of carbonyl (C=O) groups excluding carboxylic acids is 1. The molecule has 0 radical (unpaired) electrons. The van der Waals surface area contributed by atoms with Gasteiger partial charge in [0.25, 0.3) is 5.91 Å². The zero-order chi connectivity index (χ0) is 22.0. The summed E-state index contributed by atoms with van der Waals surface area (Å²) in [5.41, 5.74) is -0.696. The summed E-state index contributed by atoms with van der Waals surface area (Å²) in [6.45, 7) is -0.213. The molecule has 2 aliphatic rings. The van der Waals surface area contributed by atoms with Crippen molar-refractivity contribution in [3.63, 3.8) is 0 Å². The lowest BCUT2D eigenvalue weighted by Gasteiger charge is -2.47. The number of carbonyl (C=O) groups is 1. The van der Waals surface area contributed by atoms with Gasteiger partial charge < -0.3 is 15.2 Å². The van der Waals surface area contributed by atoms with E-state index in [4.69, 9.17) is 17.0 Å². The molecule has 1 saturated heterocycles. The van der Waals surface area contributed by atoms with Crippen LogP contribution in [0.4, 0.5) is 8.78 Å². The predicted molar refractivity (Wildman–Crippen MR) is 115 cm³/mol. The Kier molecular flexibility index (Phi) is 6.31. The molecule has 3 atom stereocenters. The number of hydrogen-bond donors (Lipinski definition) is 3. The first-order chi connectivity index (χ1) is 14.9. The summed E-state index contributed by atoms with van der Waals surface area (Å²) in [6.07, 6.45) is 2.61. The van der Waals surface area contributed by atoms with E-state index in [9.17, 15) is 18.7 Å². The van der Waals surface area contributed by atoms with Gasteiger partial charge in [0.1, 0.15) is 11.6 Å². The lowest BCUT2D eigenvalue weighted by molar-refractivity contribution is -0.0914. The van der Waals surface area contributed by atoms with Gasteiger partial charge in [-0.2, -0.15) is 0 Å². The quantitative estimate of drug-likeness (QED) is 0.615. The first kappa shape index (κ1) is 21.8. The van der Waals surface area contributed by atoms with Gasteiger partial charge in [0, 0.05) is 29.7 Å². The van der Waals surface area contributed by atoms with E-state index in [0.29, 0.717) is 17.9 Å². The molecule has 3 N–H and O–H groups in total. The summed E-state index contributed by atoms with van der Waals surface area (Å²) in [7, 11) is 0. The predicted octanol–water partition coefficient (Wildman–Crippen LogP) is 3.27. The topological polar surface area (TPSA) is 70.6 Å². The third kappa shape index (κ3) is 4.61. The van der Waals surface area contributed by atoms with Crippen molar-refractivity contribution in [3.05, 3.63) is 71.3 Å². The lowest BCUT2D eigenvalue weighted by atomic mass is 9.73. The number of rotatable bonds is 5. The molecule has 31 heavy (non-hydrogen) atoms. The minimum absolute atomic E-state index is 0.0236. The van der Waals surface area contributed by atoms with Crippen LogP contribution in [0.2, 0.25) is 0 Å². The zero-order valence-corrected chi connectivity index (χ0v) is 17.6. The Morgan fingerprint density at radius 2 is 1.94 bits per heavy atom. The van der Waals surface area contributed by atoms with E-state index in [1.807, 2.05) is 0 Å². The second-order valence-corrected chi connectivity index (χ2v) is 8.58. The van der Waals surface area contributed by atoms with Crippen LogP contribution in [0.25, 0.3) is 0 Å². The van der Waals surface area contributed by atoms with E-state index < -0.39 is 29.0 Å². The number of hydrogen-bond acceptors (Lipinski definition) is 4. The Bertz CT molecular complexity index is 971. The highest BCUT2D eigenvalue weighted by Gasteiger charge is 2.50. The molecule has 8 heteroatoms. The van der Waals surface area contributed by atoms with Gasteiger partial charge in [-0.05, 0) is 55.6 Å².